The van der Waals surface area contributed by atoms with Crippen LogP contribution in [0.2, 0.25) is 5.02 Å². The largest absolute Gasteiger partial charge is 0.496 e. The van der Waals surface area contributed by atoms with Crippen LogP contribution in [0.1, 0.15) is 45.8 Å². The van der Waals surface area contributed by atoms with Gasteiger partial charge in [-0.15, -0.1) is 11.3 Å². The number of hydrogen-bond donors (Lipinski definition) is 2. The van der Waals surface area contributed by atoms with Crippen LogP contribution >= 0.6 is 22.9 Å². The van der Waals surface area contributed by atoms with Gasteiger partial charge in [0.05, 0.1) is 18.3 Å². The summed E-state index contributed by atoms with van der Waals surface area (Å²) < 4.78 is 8.57. The lowest BCUT2D eigenvalue weighted by Gasteiger charge is -2.42. The molecule has 218 valence electrons. The molecule has 1 fully saturated rings. The molecule has 4 heterocycles. The number of nitrogens with one attached hydrogen (secondary N) is 1. The number of hydrogen-bond acceptors (Lipinski definition) is 7. The molecule has 2 bridgehead atoms. The Balaban J connectivity index is 0.000000830. The van der Waals surface area contributed by atoms with Crippen LogP contribution in [-0.4, -0.2) is 52.9 Å². The van der Waals surface area contributed by atoms with E-state index >= 15 is 0 Å². The third-order valence-electron chi connectivity index (χ3n) is 7.37. The van der Waals surface area contributed by atoms with Crippen molar-refractivity contribution in [2.24, 2.45) is 11.0 Å². The Labute approximate surface area is 252 Å². The zero-order chi connectivity index (χ0) is 29.8. The average Bonchev–Trinajstić information content (AvgIpc) is 3.30. The summed E-state index contributed by atoms with van der Waals surface area (Å²) in [6, 6.07) is 19.2. The normalized spacial score (nSPS) is 17.8. The number of ether oxygens (including phenoxy) is 1. The number of likely N-dealkylation sites (tertiary alicyclic amines) is 1. The highest BCUT2D eigenvalue weighted by Crippen LogP contribution is 2.37. The SMILES string of the molecule is CC(=O)O.COc1ccc(/C=N/NC(=O)c2sc3ccccc3c2Cl)cc1CN1C[C@@H]2C[C@@H](C1)c1cccc(=O)n1C2. The number of carbonyl (C=O) groups excluding carboxylic acids is 1. The van der Waals surface area contributed by atoms with Crippen molar-refractivity contribution in [3.63, 3.8) is 0 Å². The summed E-state index contributed by atoms with van der Waals surface area (Å²) >= 11 is 7.78. The van der Waals surface area contributed by atoms with Crippen molar-refractivity contribution in [3.05, 3.63) is 97.7 Å². The fourth-order valence-electron chi connectivity index (χ4n) is 5.74. The molecule has 4 aromatic rings. The molecule has 42 heavy (non-hydrogen) atoms. The molecule has 0 saturated carbocycles. The van der Waals surface area contributed by atoms with Crippen molar-refractivity contribution in [3.8, 4) is 5.75 Å². The molecule has 11 heteroatoms. The van der Waals surface area contributed by atoms with Crippen LogP contribution in [0.3, 0.4) is 0 Å². The number of nitrogens with zero attached hydrogens (tertiary/aromatic N) is 3. The van der Waals surface area contributed by atoms with E-state index in [-0.39, 0.29) is 11.5 Å². The summed E-state index contributed by atoms with van der Waals surface area (Å²) in [5, 5.41) is 12.9. The highest BCUT2D eigenvalue weighted by Gasteiger charge is 2.34. The molecule has 0 aliphatic carbocycles. The number of aromatic nitrogens is 1. The van der Waals surface area contributed by atoms with Crippen LogP contribution in [0.15, 0.2) is 70.6 Å². The van der Waals surface area contributed by atoms with E-state index in [1.165, 1.54) is 11.3 Å². The molecule has 0 radical (unpaired) electrons. The minimum atomic E-state index is -0.833. The lowest BCUT2D eigenvalue weighted by atomic mass is 9.83. The highest BCUT2D eigenvalue weighted by molar-refractivity contribution is 7.21. The monoisotopic (exact) mass is 606 g/mol. The van der Waals surface area contributed by atoms with Gasteiger partial charge in [-0.2, -0.15) is 5.10 Å². The lowest BCUT2D eigenvalue weighted by molar-refractivity contribution is -0.134. The van der Waals surface area contributed by atoms with Gasteiger partial charge in [0, 0.05) is 66.4 Å². The number of aliphatic carboxylic acids is 1. The first-order chi connectivity index (χ1) is 20.2. The molecule has 2 atom stereocenters. The summed E-state index contributed by atoms with van der Waals surface area (Å²) in [7, 11) is 1.68. The Hall–Kier alpha value is -3.99. The highest BCUT2D eigenvalue weighted by atomic mass is 35.5. The molecule has 1 amide bonds. The number of hydrazone groups is 1. The van der Waals surface area contributed by atoms with Crippen molar-refractivity contribution in [2.45, 2.75) is 32.4 Å². The predicted octanol–water partition coefficient (Wildman–Crippen LogP) is 5.20. The van der Waals surface area contributed by atoms with Gasteiger partial charge in [-0.05, 0) is 48.2 Å². The summed E-state index contributed by atoms with van der Waals surface area (Å²) in [6.07, 6.45) is 2.75. The van der Waals surface area contributed by atoms with E-state index in [2.05, 4.69) is 21.5 Å². The molecule has 0 spiro atoms. The van der Waals surface area contributed by atoms with E-state index in [1.807, 2.05) is 53.1 Å². The lowest BCUT2D eigenvalue weighted by Crippen LogP contribution is -2.46. The van der Waals surface area contributed by atoms with E-state index in [4.69, 9.17) is 26.2 Å². The second-order valence-electron chi connectivity index (χ2n) is 10.4. The summed E-state index contributed by atoms with van der Waals surface area (Å²) in [6.45, 7) is 4.42. The number of methoxy groups -OCH3 is 1. The maximum absolute atomic E-state index is 12.7. The molecular weight excluding hydrogens is 576 g/mol. The molecule has 6 rings (SSSR count). The molecule has 2 aromatic carbocycles. The minimum absolute atomic E-state index is 0.0982. The van der Waals surface area contributed by atoms with E-state index in [9.17, 15) is 9.59 Å². The number of benzene rings is 2. The first-order valence-electron chi connectivity index (χ1n) is 13.5. The smallest absolute Gasteiger partial charge is 0.300 e. The molecule has 0 unspecified atom stereocenters. The Morgan fingerprint density at radius 2 is 1.93 bits per heavy atom. The minimum Gasteiger partial charge on any atom is -0.496 e. The predicted molar refractivity (Wildman–Crippen MR) is 165 cm³/mol. The molecule has 2 aliphatic heterocycles. The van der Waals surface area contributed by atoms with Crippen LogP contribution < -0.4 is 15.7 Å². The van der Waals surface area contributed by atoms with E-state index in [0.717, 1.165) is 72.2 Å². The molecule has 2 N–H and O–H groups in total. The number of piperidine rings is 1. The molecule has 2 aliphatic rings. The number of carboxylic acids is 1. The number of rotatable bonds is 6. The van der Waals surface area contributed by atoms with Gasteiger partial charge in [0.15, 0.2) is 0 Å². The summed E-state index contributed by atoms with van der Waals surface area (Å²) in [5.41, 5.74) is 5.76. The van der Waals surface area contributed by atoms with Gasteiger partial charge in [0.1, 0.15) is 10.6 Å². The molecule has 1 saturated heterocycles. The molecular formula is C31H31ClN4O5S. The zero-order valence-corrected chi connectivity index (χ0v) is 24.8. The first kappa shape index (κ1) is 29.5. The third-order valence-corrected chi connectivity index (χ3v) is 9.05. The van der Waals surface area contributed by atoms with Gasteiger partial charge in [0.2, 0.25) is 0 Å². The van der Waals surface area contributed by atoms with Gasteiger partial charge in [-0.3, -0.25) is 19.3 Å². The number of thiophene rings is 1. The van der Waals surface area contributed by atoms with Crippen LogP contribution in [0.4, 0.5) is 0 Å². The van der Waals surface area contributed by atoms with E-state index in [0.29, 0.717) is 21.7 Å². The zero-order valence-electron chi connectivity index (χ0n) is 23.2. The van der Waals surface area contributed by atoms with Crippen LogP contribution in [0.5, 0.6) is 5.75 Å². The van der Waals surface area contributed by atoms with Gasteiger partial charge >= 0.3 is 0 Å². The van der Waals surface area contributed by atoms with Gasteiger partial charge in [0.25, 0.3) is 17.4 Å². The van der Waals surface area contributed by atoms with Crippen molar-refractivity contribution < 1.29 is 19.4 Å². The number of carbonyl (C=O) groups is 2. The van der Waals surface area contributed by atoms with E-state index < -0.39 is 5.97 Å². The Morgan fingerprint density at radius 3 is 2.69 bits per heavy atom. The summed E-state index contributed by atoms with van der Waals surface area (Å²) in [5.74, 6) is 0.451. The summed E-state index contributed by atoms with van der Waals surface area (Å²) in [4.78, 5) is 36.9. The average molecular weight is 607 g/mol. The standard InChI is InChI=1S/C29H27ClN4O3S.C2H4O2/c1-37-24-10-9-18(13-31-32-29(36)28-27(30)22-5-2-3-7-25(22)38-28)11-21(24)17-33-14-19-12-20(16-33)23-6-4-8-26(35)34(23)15-19;1-2(3)4/h2-11,13,19-20H,12,14-17H2,1H3,(H,32,36);1H3,(H,3,4)/b31-13+;/t19-,20-;/m0./s1. The van der Waals surface area contributed by atoms with Crippen molar-refractivity contribution in [1.29, 1.82) is 0 Å². The number of fused-ring (bicyclic) bond motifs is 5. The number of halogens is 1. The van der Waals surface area contributed by atoms with Gasteiger partial charge in [-0.25, -0.2) is 5.43 Å². The topological polar surface area (TPSA) is 113 Å². The fraction of sp³-hybridized carbons (Fsp3) is 0.290. The van der Waals surface area contributed by atoms with Gasteiger partial charge < -0.3 is 14.4 Å². The third kappa shape index (κ3) is 6.56. The Bertz CT molecular complexity index is 1710. The number of carboxylic acid groups (broad SMARTS) is 1. The van der Waals surface area contributed by atoms with E-state index in [1.54, 1.807) is 19.4 Å². The Kier molecular flexibility index (Phi) is 9.06. The maximum Gasteiger partial charge on any atom is 0.300 e. The van der Waals surface area contributed by atoms with Gasteiger partial charge in [-0.1, -0.05) is 35.9 Å². The maximum atomic E-state index is 12.7. The van der Waals surface area contributed by atoms with Crippen molar-refractivity contribution >= 4 is 51.1 Å². The van der Waals surface area contributed by atoms with Crippen LogP contribution in [-0.2, 0) is 17.9 Å². The first-order valence-corrected chi connectivity index (χ1v) is 14.7. The second kappa shape index (κ2) is 12.9. The quantitative estimate of drug-likeness (QED) is 0.230. The van der Waals surface area contributed by atoms with Crippen LogP contribution in [0.25, 0.3) is 10.1 Å². The molecule has 2 aromatic heterocycles. The molecule has 9 nitrogen and oxygen atoms in total. The number of pyridine rings is 1. The van der Waals surface area contributed by atoms with Crippen molar-refractivity contribution in [1.82, 2.24) is 14.9 Å². The van der Waals surface area contributed by atoms with Crippen molar-refractivity contribution in [2.75, 3.05) is 20.2 Å². The second-order valence-corrected chi connectivity index (χ2v) is 11.9. The van der Waals surface area contributed by atoms with Crippen LogP contribution in [0, 0.1) is 5.92 Å². The fourth-order valence-corrected chi connectivity index (χ4v) is 7.15. The Morgan fingerprint density at radius 1 is 1.14 bits per heavy atom. The number of amides is 1.